The van der Waals surface area contributed by atoms with Gasteiger partial charge in [0.25, 0.3) is 0 Å². The monoisotopic (exact) mass is 277 g/mol. The molecule has 0 aromatic carbocycles. The highest BCUT2D eigenvalue weighted by Crippen LogP contribution is 2.35. The Kier molecular flexibility index (Phi) is 2.65. The second kappa shape index (κ2) is 4.19. The molecule has 3 rings (SSSR count). The largest absolute Gasteiger partial charge is 0.324 e. The quantitative estimate of drug-likeness (QED) is 0.676. The van der Waals surface area contributed by atoms with Gasteiger partial charge in [0, 0.05) is 13.2 Å². The second-order valence-corrected chi connectivity index (χ2v) is 5.26. The van der Waals surface area contributed by atoms with Crippen LogP contribution in [0.5, 0.6) is 0 Å². The highest BCUT2D eigenvalue weighted by Gasteiger charge is 2.13. The van der Waals surface area contributed by atoms with Gasteiger partial charge in [0.2, 0.25) is 0 Å². The van der Waals surface area contributed by atoms with Crippen molar-refractivity contribution in [1.29, 1.82) is 0 Å². The van der Waals surface area contributed by atoms with Crippen LogP contribution in [0.3, 0.4) is 0 Å². The first-order chi connectivity index (χ1) is 8.70. The van der Waals surface area contributed by atoms with E-state index < -0.39 is 0 Å². The molecule has 0 aliphatic rings. The third-order valence-electron chi connectivity index (χ3n) is 2.73. The lowest BCUT2D eigenvalue weighted by Crippen LogP contribution is -1.95. The summed E-state index contributed by atoms with van der Waals surface area (Å²) in [5, 5.41) is 0.682. The summed E-state index contributed by atoms with van der Waals surface area (Å²) in [5.74, 6) is 0.746. The minimum atomic E-state index is 0.543. The number of pyridine rings is 1. The Morgan fingerprint density at radius 3 is 2.94 bits per heavy atom. The summed E-state index contributed by atoms with van der Waals surface area (Å²) in [7, 11) is 1.81. The van der Waals surface area contributed by atoms with E-state index in [2.05, 4.69) is 9.97 Å². The number of carbonyl (C=O) groups excluding carboxylic acids is 1. The number of fused-ring (bicyclic) bond motifs is 1. The molecule has 0 atom stereocenters. The zero-order chi connectivity index (χ0) is 12.7. The third-order valence-corrected chi connectivity index (χ3v) is 4.31. The van der Waals surface area contributed by atoms with E-state index in [1.807, 2.05) is 13.1 Å². The molecule has 0 bridgehead atoms. The van der Waals surface area contributed by atoms with Crippen molar-refractivity contribution >= 4 is 39.4 Å². The number of thiophene rings is 1. The van der Waals surface area contributed by atoms with Gasteiger partial charge in [-0.1, -0.05) is 11.6 Å². The molecule has 18 heavy (non-hydrogen) atoms. The molecule has 4 nitrogen and oxygen atoms in total. The van der Waals surface area contributed by atoms with Crippen LogP contribution in [0.4, 0.5) is 0 Å². The average Bonchev–Trinajstić information content (AvgIpc) is 2.93. The van der Waals surface area contributed by atoms with Crippen LogP contribution >= 0.6 is 22.9 Å². The van der Waals surface area contributed by atoms with E-state index >= 15 is 0 Å². The summed E-state index contributed by atoms with van der Waals surface area (Å²) in [6.45, 7) is 0. The van der Waals surface area contributed by atoms with Crippen LogP contribution in [0.15, 0.2) is 24.5 Å². The molecule has 0 saturated heterocycles. The average molecular weight is 278 g/mol. The normalized spacial score (nSPS) is 11.0. The van der Waals surface area contributed by atoms with E-state index in [0.717, 1.165) is 27.2 Å². The number of hydrogen-bond acceptors (Lipinski definition) is 4. The Morgan fingerprint density at radius 1 is 1.44 bits per heavy atom. The number of carbonyl (C=O) groups is 1. The fraction of sp³-hybridized carbons (Fsp3) is 0.0833. The predicted molar refractivity (Wildman–Crippen MR) is 72.2 cm³/mol. The molecule has 0 N–H and O–H groups in total. The smallest absolute Gasteiger partial charge is 0.168 e. The van der Waals surface area contributed by atoms with Crippen LogP contribution in [0, 0.1) is 0 Å². The molecule has 0 fully saturated rings. The van der Waals surface area contributed by atoms with E-state index in [9.17, 15) is 4.79 Å². The molecule has 3 aromatic heterocycles. The van der Waals surface area contributed by atoms with Gasteiger partial charge < -0.3 is 4.57 Å². The molecule has 90 valence electrons. The number of nitrogens with zero attached hydrogens (tertiary/aromatic N) is 3. The molecule has 3 aromatic rings. The van der Waals surface area contributed by atoms with Gasteiger partial charge in [-0.05, 0) is 12.1 Å². The Bertz CT molecular complexity index is 747. The van der Waals surface area contributed by atoms with Gasteiger partial charge in [-0.15, -0.1) is 11.3 Å². The molecule has 0 unspecified atom stereocenters. The lowest BCUT2D eigenvalue weighted by Gasteiger charge is -1.98. The lowest BCUT2D eigenvalue weighted by molar-refractivity contribution is 0.111. The minimum Gasteiger partial charge on any atom is -0.324 e. The summed E-state index contributed by atoms with van der Waals surface area (Å²) in [5.41, 5.74) is 1.39. The molecule has 0 saturated carbocycles. The maximum Gasteiger partial charge on any atom is 0.168 e. The molecule has 0 radical (unpaired) electrons. The van der Waals surface area contributed by atoms with E-state index in [1.165, 1.54) is 11.3 Å². The first kappa shape index (κ1) is 11.4. The summed E-state index contributed by atoms with van der Waals surface area (Å²) in [6.07, 6.45) is 4.02. The fourth-order valence-corrected chi connectivity index (χ4v) is 3.10. The molecule has 0 spiro atoms. The van der Waals surface area contributed by atoms with Gasteiger partial charge in [-0.2, -0.15) is 0 Å². The standard InChI is InChI=1S/C12H8ClN3OS/c1-16-7(6-17)5-15-12(16)10-4-9-11(18-10)8(13)2-3-14-9/h2-6H,1H3. The van der Waals surface area contributed by atoms with Gasteiger partial charge in [-0.3, -0.25) is 9.78 Å². The Hall–Kier alpha value is -1.72. The number of halogens is 1. The summed E-state index contributed by atoms with van der Waals surface area (Å²) < 4.78 is 2.69. The molecule has 3 heterocycles. The van der Waals surface area contributed by atoms with Gasteiger partial charge in [-0.25, -0.2) is 4.98 Å². The Labute approximate surface area is 112 Å². The fourth-order valence-electron chi connectivity index (χ4n) is 1.78. The van der Waals surface area contributed by atoms with Gasteiger partial charge in [0.05, 0.1) is 26.3 Å². The van der Waals surface area contributed by atoms with Crippen LogP contribution in [0.1, 0.15) is 10.5 Å². The highest BCUT2D eigenvalue weighted by molar-refractivity contribution is 7.22. The van der Waals surface area contributed by atoms with Crippen LogP contribution in [0.25, 0.3) is 20.9 Å². The zero-order valence-electron chi connectivity index (χ0n) is 9.42. The molecule has 0 aliphatic heterocycles. The van der Waals surface area contributed by atoms with Gasteiger partial charge in [0.15, 0.2) is 6.29 Å². The lowest BCUT2D eigenvalue weighted by atomic mass is 10.3. The van der Waals surface area contributed by atoms with Crippen molar-refractivity contribution in [2.45, 2.75) is 0 Å². The Morgan fingerprint density at radius 2 is 2.28 bits per heavy atom. The first-order valence-corrected chi connectivity index (χ1v) is 6.41. The number of hydrogen-bond donors (Lipinski definition) is 0. The number of aldehydes is 1. The molecule has 6 heteroatoms. The summed E-state index contributed by atoms with van der Waals surface area (Å²) in [4.78, 5) is 20.3. The maximum atomic E-state index is 10.8. The number of rotatable bonds is 2. The van der Waals surface area contributed by atoms with Crippen molar-refractivity contribution in [3.05, 3.63) is 35.2 Å². The van der Waals surface area contributed by atoms with Crippen molar-refractivity contribution in [2.75, 3.05) is 0 Å². The third kappa shape index (κ3) is 1.63. The topological polar surface area (TPSA) is 47.8 Å². The van der Waals surface area contributed by atoms with Crippen LogP contribution in [-0.4, -0.2) is 20.8 Å². The van der Waals surface area contributed by atoms with Crippen LogP contribution in [-0.2, 0) is 7.05 Å². The van der Waals surface area contributed by atoms with Crippen LogP contribution < -0.4 is 0 Å². The molecular weight excluding hydrogens is 270 g/mol. The first-order valence-electron chi connectivity index (χ1n) is 5.22. The zero-order valence-corrected chi connectivity index (χ0v) is 11.0. The minimum absolute atomic E-state index is 0.543. The van der Waals surface area contributed by atoms with Crippen molar-refractivity contribution < 1.29 is 4.79 Å². The highest BCUT2D eigenvalue weighted by atomic mass is 35.5. The maximum absolute atomic E-state index is 10.8. The SMILES string of the molecule is Cn1c(C=O)cnc1-c1cc2nccc(Cl)c2s1. The molecule has 0 aliphatic carbocycles. The van der Waals surface area contributed by atoms with Gasteiger partial charge in [0.1, 0.15) is 11.5 Å². The van der Waals surface area contributed by atoms with Gasteiger partial charge >= 0.3 is 0 Å². The van der Waals surface area contributed by atoms with E-state index in [4.69, 9.17) is 11.6 Å². The van der Waals surface area contributed by atoms with Crippen molar-refractivity contribution in [1.82, 2.24) is 14.5 Å². The second-order valence-electron chi connectivity index (χ2n) is 3.80. The summed E-state index contributed by atoms with van der Waals surface area (Å²) >= 11 is 7.64. The van der Waals surface area contributed by atoms with E-state index in [0.29, 0.717) is 10.7 Å². The molecular formula is C12H8ClN3OS. The van der Waals surface area contributed by atoms with E-state index in [-0.39, 0.29) is 0 Å². The van der Waals surface area contributed by atoms with Crippen molar-refractivity contribution in [3.63, 3.8) is 0 Å². The van der Waals surface area contributed by atoms with Crippen molar-refractivity contribution in [3.8, 4) is 10.7 Å². The summed E-state index contributed by atoms with van der Waals surface area (Å²) in [6, 6.07) is 3.70. The number of imidazole rings is 1. The van der Waals surface area contributed by atoms with Crippen LogP contribution in [0.2, 0.25) is 5.02 Å². The van der Waals surface area contributed by atoms with E-state index in [1.54, 1.807) is 23.0 Å². The molecule has 0 amide bonds. The number of aromatic nitrogens is 3. The Balaban J connectivity index is 2.22. The predicted octanol–water partition coefficient (Wildman–Crippen LogP) is 3.16. The van der Waals surface area contributed by atoms with Crippen molar-refractivity contribution in [2.24, 2.45) is 7.05 Å².